The summed E-state index contributed by atoms with van der Waals surface area (Å²) in [7, 11) is 0. The van der Waals surface area contributed by atoms with Crippen LogP contribution in [0.4, 0.5) is 0 Å². The highest BCUT2D eigenvalue weighted by atomic mass is 16.5. The molecule has 35 nitrogen and oxygen atoms in total. The monoisotopic (exact) mass is 1320 g/mol. The molecule has 2 aliphatic rings. The van der Waals surface area contributed by atoms with Crippen LogP contribution in [0.25, 0.3) is 33.4 Å². The van der Waals surface area contributed by atoms with Crippen LogP contribution in [0, 0.1) is 0 Å². The second-order valence-corrected chi connectivity index (χ2v) is 21.1. The molecule has 1 aliphatic heterocycles. The molecule has 4 rings (SSSR count). The third kappa shape index (κ3) is 25.2. The number of carbonyl (C=O) groups excluding carboxylic acids is 11. The van der Waals surface area contributed by atoms with E-state index in [1.165, 1.54) is 55.5 Å². The lowest BCUT2D eigenvalue weighted by Gasteiger charge is -2.21. The van der Waals surface area contributed by atoms with Gasteiger partial charge in [-0.15, -0.1) is 0 Å². The van der Waals surface area contributed by atoms with Crippen LogP contribution in [-0.2, 0) is 67.0 Å². The molecule has 18 N–H and O–H groups in total. The summed E-state index contributed by atoms with van der Waals surface area (Å²) in [4.78, 5) is 187. The molecular formula is C59H75N11O24. The predicted octanol–water partition coefficient (Wildman–Crippen LogP) is -4.21. The van der Waals surface area contributed by atoms with Crippen molar-refractivity contribution in [2.75, 3.05) is 59.2 Å². The van der Waals surface area contributed by atoms with Crippen LogP contribution in [0.5, 0.6) is 5.75 Å². The van der Waals surface area contributed by atoms with Crippen LogP contribution in [-0.4, -0.2) is 215 Å². The maximum absolute atomic E-state index is 13.6. The lowest BCUT2D eigenvalue weighted by Crippen LogP contribution is -2.55. The summed E-state index contributed by atoms with van der Waals surface area (Å²) in [6, 6.07) is 5.00. The molecule has 2 aromatic rings. The normalized spacial score (nSPS) is 13.2. The molecule has 0 aromatic heterocycles. The summed E-state index contributed by atoms with van der Waals surface area (Å²) in [6.45, 7) is -0.662. The molecule has 35 heteroatoms. The topological polar surface area (TPSA) is 555 Å². The quantitative estimate of drug-likeness (QED) is 0.0148. The first-order chi connectivity index (χ1) is 44.4. The van der Waals surface area contributed by atoms with Gasteiger partial charge in [0.2, 0.25) is 59.1 Å². The fourth-order valence-corrected chi connectivity index (χ4v) is 8.96. The van der Waals surface area contributed by atoms with Crippen LogP contribution in [0.2, 0.25) is 0 Å². The van der Waals surface area contributed by atoms with Gasteiger partial charge in [-0.25, -0.2) is 4.79 Å². The Morgan fingerprint density at radius 3 is 1.62 bits per heavy atom. The van der Waals surface area contributed by atoms with E-state index in [9.17, 15) is 97.5 Å². The van der Waals surface area contributed by atoms with E-state index in [1.807, 2.05) is 0 Å². The lowest BCUT2D eigenvalue weighted by atomic mass is 9.90. The standard InChI is InChI=1S/C59H75N11O24/c1-29(71)51(66-31(3)73)57(88)64-26-45(77)68-41(14-16-49(82)83)56(87)63-19-20-92-27-46(78)69-40(55(86)62-18-21-93-28-47(79)70-52(30(2)72)58(89)65-25-44(76)67-39(53(60)84)13-15-48(80)81)6-4-5-17-61-54(85)32-7-10-35(38(22-32)59(90)91)50-36-11-8-33(74)23-42(36)94-43-24-34(75)9-12-37(43)50/h7-12,22-24,29-30,39-41,51-52,71-72,74H,4-6,13-21,25-28H2,1-3H3,(H2,60,84)(H,61,85)(H,62,86)(H,63,87)(H,64,88)(H,65,89)(H,66,73)(H,67,76)(H,68,77)(H,69,78)(H,70,79)(H,80,81)(H,82,83)(H,90,91)/t29-,30-,39+,40+,41+,51+,52+/m0/s1. The molecule has 0 fully saturated rings. The van der Waals surface area contributed by atoms with E-state index in [4.69, 9.17) is 24.7 Å². The SMILES string of the molecule is CC(=O)N[C@@H](C(=O)NCC(=O)N[C@H](CCC(=O)O)C(=O)NCCOCC(=O)N[C@H](CCCCNC(=O)c1ccc(-c2c3ccc(=O)cc-3oc3cc(O)ccc23)c(C(=O)O)c1)C(=O)NCCOCC(=O)N[C@@H](C(=O)NCC(=O)N[C@H](CCC(=O)O)C(N)=O)[C@H](C)O)[C@H](C)O. The molecule has 0 spiro atoms. The van der Waals surface area contributed by atoms with E-state index in [1.54, 1.807) is 0 Å². The van der Waals surface area contributed by atoms with E-state index in [0.29, 0.717) is 16.5 Å². The third-order valence-electron chi connectivity index (χ3n) is 13.5. The predicted molar refractivity (Wildman–Crippen MR) is 325 cm³/mol. The number of primary amides is 1. The van der Waals surface area contributed by atoms with Crippen molar-refractivity contribution >= 4 is 93.9 Å². The smallest absolute Gasteiger partial charge is 0.336 e. The number of rotatable bonds is 40. The number of hydrogen-bond acceptors (Lipinski definition) is 21. The largest absolute Gasteiger partial charge is 0.508 e. The number of unbranched alkanes of at least 4 members (excludes halogenated alkanes) is 1. The van der Waals surface area contributed by atoms with E-state index < -0.39 is 171 Å². The Kier molecular flexibility index (Phi) is 30.3. The Morgan fingerprint density at radius 1 is 0.553 bits per heavy atom. The van der Waals surface area contributed by atoms with Gasteiger partial charge in [-0.1, -0.05) is 6.07 Å². The molecule has 0 unspecified atom stereocenters. The number of aliphatic carboxylic acids is 2. The fraction of sp³-hybridized carbons (Fsp3) is 0.441. The van der Waals surface area contributed by atoms with Gasteiger partial charge in [0, 0.05) is 73.6 Å². The molecule has 0 radical (unpaired) electrons. The van der Waals surface area contributed by atoms with Crippen LogP contribution in [0.1, 0.15) is 86.4 Å². The van der Waals surface area contributed by atoms with Gasteiger partial charge in [-0.3, -0.25) is 67.1 Å². The van der Waals surface area contributed by atoms with Gasteiger partial charge in [0.1, 0.15) is 60.5 Å². The number of hydrogen-bond donors (Lipinski definition) is 17. The van der Waals surface area contributed by atoms with E-state index in [0.717, 1.165) is 19.9 Å². The summed E-state index contributed by atoms with van der Waals surface area (Å²) in [5.74, 6) is -13.6. The van der Waals surface area contributed by atoms with E-state index in [-0.39, 0.29) is 97.7 Å². The van der Waals surface area contributed by atoms with Gasteiger partial charge < -0.3 is 103 Å². The van der Waals surface area contributed by atoms with Crippen molar-refractivity contribution in [3.8, 4) is 28.2 Å². The minimum absolute atomic E-state index is 0.0192. The molecule has 2 aromatic carbocycles. The van der Waals surface area contributed by atoms with Gasteiger partial charge in [0.05, 0.1) is 44.1 Å². The number of amides is 11. The molecule has 1 heterocycles. The summed E-state index contributed by atoms with van der Waals surface area (Å²) < 4.78 is 16.6. The number of carboxylic acids is 3. The number of aromatic carboxylic acids is 1. The average molecular weight is 1320 g/mol. The van der Waals surface area contributed by atoms with Gasteiger partial charge in [0.25, 0.3) is 5.91 Å². The molecule has 7 atom stereocenters. The highest BCUT2D eigenvalue weighted by molar-refractivity contribution is 6.09. The van der Waals surface area contributed by atoms with Crippen molar-refractivity contribution < 1.29 is 112 Å². The first-order valence-electron chi connectivity index (χ1n) is 29.1. The van der Waals surface area contributed by atoms with Gasteiger partial charge in [-0.2, -0.15) is 0 Å². The van der Waals surface area contributed by atoms with Crippen LogP contribution >= 0.6 is 0 Å². The maximum Gasteiger partial charge on any atom is 0.336 e. The number of benzene rings is 3. The summed E-state index contributed by atoms with van der Waals surface area (Å²) in [5.41, 5.74) is 5.54. The van der Waals surface area contributed by atoms with E-state index >= 15 is 0 Å². The summed E-state index contributed by atoms with van der Waals surface area (Å²) in [6.07, 6.45) is -4.37. The minimum Gasteiger partial charge on any atom is -0.508 e. The number of carbonyl (C=O) groups is 14. The van der Waals surface area contributed by atoms with Gasteiger partial charge in [0.15, 0.2) is 5.43 Å². The number of phenols is 1. The number of fused-ring (bicyclic) bond motifs is 2. The number of nitrogens with two attached hydrogens (primary N) is 1. The molecule has 94 heavy (non-hydrogen) atoms. The molecule has 11 amide bonds. The molecule has 0 saturated carbocycles. The van der Waals surface area contributed by atoms with Crippen molar-refractivity contribution in [1.29, 1.82) is 0 Å². The second-order valence-electron chi connectivity index (χ2n) is 21.1. The Morgan fingerprint density at radius 2 is 1.07 bits per heavy atom. The zero-order valence-corrected chi connectivity index (χ0v) is 51.2. The lowest BCUT2D eigenvalue weighted by molar-refractivity contribution is -0.139. The molecular weight excluding hydrogens is 1250 g/mol. The Balaban J connectivity index is 1.37. The molecule has 510 valence electrons. The summed E-state index contributed by atoms with van der Waals surface area (Å²) >= 11 is 0. The number of aromatic hydroxyl groups is 1. The molecule has 0 saturated heterocycles. The first-order valence-corrected chi connectivity index (χ1v) is 29.1. The maximum atomic E-state index is 13.6. The zero-order chi connectivity index (χ0) is 69.8. The number of phenolic OH excluding ortho intramolecular Hbond substituents is 1. The number of aliphatic hydroxyl groups is 2. The number of aliphatic hydroxyl groups excluding tert-OH is 2. The van der Waals surface area contributed by atoms with Crippen molar-refractivity contribution in [3.05, 3.63) is 75.9 Å². The highest BCUT2D eigenvalue weighted by Crippen LogP contribution is 2.42. The number of carboxylic acid groups (broad SMARTS) is 3. The number of ether oxygens (including phenoxy) is 2. The van der Waals surface area contributed by atoms with Crippen LogP contribution in [0.3, 0.4) is 0 Å². The number of nitrogens with one attached hydrogen (secondary N) is 10. The fourth-order valence-electron chi connectivity index (χ4n) is 8.96. The summed E-state index contributed by atoms with van der Waals surface area (Å²) in [5, 5.41) is 82.6. The highest BCUT2D eigenvalue weighted by Gasteiger charge is 2.30. The zero-order valence-electron chi connectivity index (χ0n) is 51.2. The Labute approximate surface area is 534 Å². The van der Waals surface area contributed by atoms with Crippen molar-refractivity contribution in [2.45, 2.75) is 108 Å². The van der Waals surface area contributed by atoms with Crippen molar-refractivity contribution in [3.63, 3.8) is 0 Å². The van der Waals surface area contributed by atoms with E-state index in [2.05, 4.69) is 53.2 Å². The van der Waals surface area contributed by atoms with Crippen LogP contribution in [0.15, 0.2) is 63.8 Å². The van der Waals surface area contributed by atoms with Crippen LogP contribution < -0.4 is 64.3 Å². The molecule has 0 bridgehead atoms. The Hall–Kier alpha value is -10.6. The molecule has 1 aliphatic carbocycles. The second kappa shape index (κ2) is 37.6. The van der Waals surface area contributed by atoms with Crippen molar-refractivity contribution in [2.24, 2.45) is 5.73 Å². The van der Waals surface area contributed by atoms with Crippen molar-refractivity contribution in [1.82, 2.24) is 53.2 Å². The average Bonchev–Trinajstić information content (AvgIpc) is 0.750. The minimum atomic E-state index is -1.62. The van der Waals surface area contributed by atoms with Gasteiger partial charge in [-0.05, 0) is 87.9 Å². The Bertz CT molecular complexity index is 3460. The first kappa shape index (κ1) is 75.8. The van der Waals surface area contributed by atoms with Gasteiger partial charge >= 0.3 is 17.9 Å². The third-order valence-corrected chi connectivity index (χ3v) is 13.5.